The van der Waals surface area contributed by atoms with Crippen molar-refractivity contribution in [3.63, 3.8) is 0 Å². The van der Waals surface area contributed by atoms with Crippen LogP contribution >= 0.6 is 0 Å². The average Bonchev–Trinajstić information content (AvgIpc) is 2.84. The van der Waals surface area contributed by atoms with E-state index >= 15 is 0 Å². The highest BCUT2D eigenvalue weighted by Crippen LogP contribution is 2.12. The van der Waals surface area contributed by atoms with E-state index in [1.807, 2.05) is 30.3 Å². The third-order valence-electron chi connectivity index (χ3n) is 5.23. The summed E-state index contributed by atoms with van der Waals surface area (Å²) in [5, 5.41) is 5.58. The number of carbonyl (C=O) groups is 2. The van der Waals surface area contributed by atoms with Gasteiger partial charge in [-0.05, 0) is 36.8 Å². The predicted octanol–water partition coefficient (Wildman–Crippen LogP) is 0.942. The molecule has 0 aliphatic carbocycles. The van der Waals surface area contributed by atoms with E-state index in [1.165, 1.54) is 6.08 Å². The number of carbonyl (C=O) groups excluding carboxylic acids is 2. The first kappa shape index (κ1) is 23.2. The Labute approximate surface area is 188 Å². The van der Waals surface area contributed by atoms with E-state index < -0.39 is 6.04 Å². The Hall–Kier alpha value is -3.46. The Bertz CT molecular complexity index is 896. The number of hydrogen-bond acceptors (Lipinski definition) is 7. The molecule has 1 aromatic carbocycles. The third kappa shape index (κ3) is 7.05. The lowest BCUT2D eigenvalue weighted by Crippen LogP contribution is -2.50. The molecule has 170 valence electrons. The maximum Gasteiger partial charge on any atom is 0.244 e. The number of ether oxygens (including phenoxy) is 1. The fourth-order valence-corrected chi connectivity index (χ4v) is 3.33. The summed E-state index contributed by atoms with van der Waals surface area (Å²) in [6, 6.07) is 8.54. The number of piperazine rings is 1. The molecule has 3 rings (SSSR count). The molecule has 2 heterocycles. The molecule has 1 unspecified atom stereocenters. The second-order valence-corrected chi connectivity index (χ2v) is 7.51. The van der Waals surface area contributed by atoms with Crippen LogP contribution in [0.15, 0.2) is 48.8 Å². The standard InChI is InChI=1S/C23H30N6O3/c1-18(27-21(30)9-6-19-4-7-20(32-2)8-5-19)22(31)24-12-13-28-14-16-29(17-15-28)23-25-10-3-11-26-23/h3-11,18H,12-17H2,1-2H3,(H,24,31)(H,27,30)/b9-6+. The highest BCUT2D eigenvalue weighted by molar-refractivity contribution is 5.95. The lowest BCUT2D eigenvalue weighted by atomic mass is 10.2. The fourth-order valence-electron chi connectivity index (χ4n) is 3.33. The van der Waals surface area contributed by atoms with E-state index in [4.69, 9.17) is 4.74 Å². The molecule has 9 heteroatoms. The molecule has 2 N–H and O–H groups in total. The summed E-state index contributed by atoms with van der Waals surface area (Å²) in [4.78, 5) is 37.4. The van der Waals surface area contributed by atoms with Crippen LogP contribution in [0.1, 0.15) is 12.5 Å². The molecule has 0 spiro atoms. The van der Waals surface area contributed by atoms with E-state index in [9.17, 15) is 9.59 Å². The first-order valence-electron chi connectivity index (χ1n) is 10.7. The van der Waals surface area contributed by atoms with Gasteiger partial charge in [-0.2, -0.15) is 0 Å². The number of nitrogens with one attached hydrogen (secondary N) is 2. The molecule has 0 radical (unpaired) electrons. The van der Waals surface area contributed by atoms with Crippen molar-refractivity contribution < 1.29 is 14.3 Å². The second-order valence-electron chi connectivity index (χ2n) is 7.51. The van der Waals surface area contributed by atoms with Gasteiger partial charge in [-0.1, -0.05) is 12.1 Å². The quantitative estimate of drug-likeness (QED) is 0.562. The number of amides is 2. The highest BCUT2D eigenvalue weighted by atomic mass is 16.5. The summed E-state index contributed by atoms with van der Waals surface area (Å²) in [6.45, 7) is 6.44. The van der Waals surface area contributed by atoms with Crippen LogP contribution in [0.25, 0.3) is 6.08 Å². The van der Waals surface area contributed by atoms with E-state index in [2.05, 4.69) is 30.4 Å². The lowest BCUT2D eigenvalue weighted by Gasteiger charge is -2.34. The molecule has 0 saturated carbocycles. The van der Waals surface area contributed by atoms with Crippen molar-refractivity contribution in [3.05, 3.63) is 54.4 Å². The minimum absolute atomic E-state index is 0.201. The minimum Gasteiger partial charge on any atom is -0.497 e. The Morgan fingerprint density at radius 1 is 1.12 bits per heavy atom. The molecule has 9 nitrogen and oxygen atoms in total. The topological polar surface area (TPSA) is 99.7 Å². The van der Waals surface area contributed by atoms with Gasteiger partial charge in [0.1, 0.15) is 11.8 Å². The molecule has 32 heavy (non-hydrogen) atoms. The normalized spacial score (nSPS) is 15.4. The molecular formula is C23H30N6O3. The zero-order chi connectivity index (χ0) is 22.8. The Morgan fingerprint density at radius 2 is 1.81 bits per heavy atom. The van der Waals surface area contributed by atoms with Crippen molar-refractivity contribution >= 4 is 23.8 Å². The van der Waals surface area contributed by atoms with E-state index in [0.717, 1.165) is 50.0 Å². The monoisotopic (exact) mass is 438 g/mol. The fraction of sp³-hybridized carbons (Fsp3) is 0.391. The van der Waals surface area contributed by atoms with Crippen molar-refractivity contribution in [1.82, 2.24) is 25.5 Å². The number of aromatic nitrogens is 2. The number of rotatable bonds is 9. The summed E-state index contributed by atoms with van der Waals surface area (Å²) >= 11 is 0. The van der Waals surface area contributed by atoms with E-state index in [1.54, 1.807) is 32.5 Å². The number of hydrogen-bond donors (Lipinski definition) is 2. The molecule has 1 aliphatic heterocycles. The molecule has 1 aliphatic rings. The van der Waals surface area contributed by atoms with Crippen LogP contribution in [0.5, 0.6) is 5.75 Å². The Kier molecular flexibility index (Phi) is 8.56. The van der Waals surface area contributed by atoms with Gasteiger partial charge in [-0.15, -0.1) is 0 Å². The summed E-state index contributed by atoms with van der Waals surface area (Å²) in [6.07, 6.45) is 6.61. The van der Waals surface area contributed by atoms with Crippen LogP contribution in [-0.4, -0.2) is 79.1 Å². The van der Waals surface area contributed by atoms with Crippen LogP contribution in [0.4, 0.5) is 5.95 Å². The maximum absolute atomic E-state index is 12.3. The molecule has 1 fully saturated rings. The van der Waals surface area contributed by atoms with E-state index in [-0.39, 0.29) is 11.8 Å². The van der Waals surface area contributed by atoms with Gasteiger partial charge in [0.25, 0.3) is 0 Å². The molecule has 1 atom stereocenters. The lowest BCUT2D eigenvalue weighted by molar-refractivity contribution is -0.126. The van der Waals surface area contributed by atoms with Gasteiger partial charge < -0.3 is 20.3 Å². The zero-order valence-electron chi connectivity index (χ0n) is 18.5. The van der Waals surface area contributed by atoms with Crippen LogP contribution in [0.3, 0.4) is 0 Å². The first-order valence-corrected chi connectivity index (χ1v) is 10.7. The van der Waals surface area contributed by atoms with Crippen molar-refractivity contribution in [1.29, 1.82) is 0 Å². The smallest absolute Gasteiger partial charge is 0.244 e. The molecule has 1 aromatic heterocycles. The molecule has 1 saturated heterocycles. The van der Waals surface area contributed by atoms with Crippen LogP contribution < -0.4 is 20.3 Å². The van der Waals surface area contributed by atoms with Crippen molar-refractivity contribution in [2.75, 3.05) is 51.3 Å². The number of methoxy groups -OCH3 is 1. The number of anilines is 1. The van der Waals surface area contributed by atoms with Crippen LogP contribution in [-0.2, 0) is 9.59 Å². The summed E-state index contributed by atoms with van der Waals surface area (Å²) in [7, 11) is 1.60. The number of nitrogens with zero attached hydrogens (tertiary/aromatic N) is 4. The van der Waals surface area contributed by atoms with Crippen molar-refractivity contribution in [2.24, 2.45) is 0 Å². The summed E-state index contributed by atoms with van der Waals surface area (Å²) in [5.74, 6) is 0.991. The highest BCUT2D eigenvalue weighted by Gasteiger charge is 2.19. The maximum atomic E-state index is 12.3. The van der Waals surface area contributed by atoms with Gasteiger partial charge in [0.15, 0.2) is 0 Å². The Morgan fingerprint density at radius 3 is 2.47 bits per heavy atom. The third-order valence-corrected chi connectivity index (χ3v) is 5.23. The van der Waals surface area contributed by atoms with Gasteiger partial charge in [0, 0.05) is 57.7 Å². The van der Waals surface area contributed by atoms with Crippen LogP contribution in [0, 0.1) is 0 Å². The zero-order valence-corrected chi connectivity index (χ0v) is 18.5. The largest absolute Gasteiger partial charge is 0.497 e. The summed E-state index contributed by atoms with van der Waals surface area (Å²) < 4.78 is 5.11. The van der Waals surface area contributed by atoms with Gasteiger partial charge in [-0.25, -0.2) is 9.97 Å². The van der Waals surface area contributed by atoms with Gasteiger partial charge in [-0.3, -0.25) is 14.5 Å². The molecular weight excluding hydrogens is 408 g/mol. The number of benzene rings is 1. The van der Waals surface area contributed by atoms with Crippen LogP contribution in [0.2, 0.25) is 0 Å². The Balaban J connectivity index is 1.33. The van der Waals surface area contributed by atoms with Crippen molar-refractivity contribution in [3.8, 4) is 5.75 Å². The first-order chi connectivity index (χ1) is 15.5. The van der Waals surface area contributed by atoms with E-state index in [0.29, 0.717) is 6.54 Å². The van der Waals surface area contributed by atoms with Gasteiger partial charge in [0.05, 0.1) is 7.11 Å². The van der Waals surface area contributed by atoms with Gasteiger partial charge in [0.2, 0.25) is 17.8 Å². The molecule has 2 aromatic rings. The van der Waals surface area contributed by atoms with Gasteiger partial charge >= 0.3 is 0 Å². The SMILES string of the molecule is COc1ccc(/C=C/C(=O)NC(C)C(=O)NCCN2CCN(c3ncccn3)CC2)cc1. The molecule has 2 amide bonds. The summed E-state index contributed by atoms with van der Waals surface area (Å²) in [5.41, 5.74) is 0.872. The predicted molar refractivity (Wildman–Crippen MR) is 123 cm³/mol. The molecule has 0 bridgehead atoms. The average molecular weight is 439 g/mol. The van der Waals surface area contributed by atoms with Crippen molar-refractivity contribution in [2.45, 2.75) is 13.0 Å². The minimum atomic E-state index is -0.616. The second kappa shape index (κ2) is 11.8.